The number of ether oxygens (including phenoxy) is 1. The minimum Gasteiger partial charge on any atom is -0.381 e. The van der Waals surface area contributed by atoms with E-state index >= 15 is 0 Å². The Kier molecular flexibility index (Phi) is 4.80. The Bertz CT molecular complexity index is 350. The van der Waals surface area contributed by atoms with Gasteiger partial charge in [-0.15, -0.1) is 10.2 Å². The first-order chi connectivity index (χ1) is 8.31. The van der Waals surface area contributed by atoms with Crippen molar-refractivity contribution in [3.05, 3.63) is 11.1 Å². The van der Waals surface area contributed by atoms with Gasteiger partial charge in [0.2, 0.25) is 5.28 Å². The quantitative estimate of drug-likeness (QED) is 0.673. The second kappa shape index (κ2) is 6.36. The van der Waals surface area contributed by atoms with Gasteiger partial charge in [0, 0.05) is 26.2 Å². The molecule has 4 nitrogen and oxygen atoms in total. The average Bonchev–Trinajstić information content (AvgIpc) is 3.07. The molecule has 17 heavy (non-hydrogen) atoms. The lowest BCUT2D eigenvalue weighted by atomic mass is 10.3. The van der Waals surface area contributed by atoms with E-state index < -0.39 is 0 Å². The SMILES string of the molecule is CCCc1nnc(Cl)n1CCCOCC1CC1. The molecule has 0 spiro atoms. The summed E-state index contributed by atoms with van der Waals surface area (Å²) >= 11 is 6.00. The van der Waals surface area contributed by atoms with Gasteiger partial charge in [-0.2, -0.15) is 0 Å². The first-order valence-corrected chi connectivity index (χ1v) is 6.84. The molecule has 0 N–H and O–H groups in total. The normalized spacial score (nSPS) is 15.4. The average molecular weight is 258 g/mol. The molecule has 0 saturated heterocycles. The van der Waals surface area contributed by atoms with Crippen molar-refractivity contribution in [2.24, 2.45) is 5.92 Å². The van der Waals surface area contributed by atoms with Crippen LogP contribution in [-0.4, -0.2) is 28.0 Å². The molecule has 96 valence electrons. The van der Waals surface area contributed by atoms with E-state index in [1.807, 2.05) is 4.57 Å². The van der Waals surface area contributed by atoms with Crippen molar-refractivity contribution in [2.45, 2.75) is 45.6 Å². The van der Waals surface area contributed by atoms with Gasteiger partial charge in [-0.1, -0.05) is 6.92 Å². The van der Waals surface area contributed by atoms with Crippen LogP contribution in [-0.2, 0) is 17.7 Å². The molecule has 0 amide bonds. The summed E-state index contributed by atoms with van der Waals surface area (Å²) in [4.78, 5) is 0. The molecule has 0 unspecified atom stereocenters. The molecule has 1 aromatic heterocycles. The summed E-state index contributed by atoms with van der Waals surface area (Å²) in [6.45, 7) is 4.71. The number of hydrogen-bond donors (Lipinski definition) is 0. The van der Waals surface area contributed by atoms with E-state index in [-0.39, 0.29) is 0 Å². The summed E-state index contributed by atoms with van der Waals surface area (Å²) in [5.41, 5.74) is 0. The van der Waals surface area contributed by atoms with Gasteiger partial charge in [0.25, 0.3) is 0 Å². The molecule has 0 aromatic carbocycles. The van der Waals surface area contributed by atoms with E-state index in [4.69, 9.17) is 16.3 Å². The van der Waals surface area contributed by atoms with Crippen molar-refractivity contribution in [2.75, 3.05) is 13.2 Å². The zero-order valence-corrected chi connectivity index (χ0v) is 11.1. The molecule has 1 aliphatic carbocycles. The lowest BCUT2D eigenvalue weighted by Gasteiger charge is -2.07. The summed E-state index contributed by atoms with van der Waals surface area (Å²) in [6.07, 6.45) is 5.66. The lowest BCUT2D eigenvalue weighted by Crippen LogP contribution is -2.07. The van der Waals surface area contributed by atoms with Crippen LogP contribution in [0.15, 0.2) is 0 Å². The Morgan fingerprint density at radius 1 is 1.41 bits per heavy atom. The largest absolute Gasteiger partial charge is 0.381 e. The van der Waals surface area contributed by atoms with Gasteiger partial charge in [0.15, 0.2) is 0 Å². The maximum atomic E-state index is 6.00. The van der Waals surface area contributed by atoms with Gasteiger partial charge in [-0.25, -0.2) is 0 Å². The fourth-order valence-corrected chi connectivity index (χ4v) is 2.02. The van der Waals surface area contributed by atoms with E-state index in [0.717, 1.165) is 50.8 Å². The molecule has 2 rings (SSSR count). The third-order valence-electron chi connectivity index (χ3n) is 2.98. The molecule has 0 radical (unpaired) electrons. The highest BCUT2D eigenvalue weighted by molar-refractivity contribution is 6.28. The zero-order chi connectivity index (χ0) is 12.1. The highest BCUT2D eigenvalue weighted by Crippen LogP contribution is 2.28. The third kappa shape index (κ3) is 3.96. The molecule has 1 aliphatic rings. The maximum absolute atomic E-state index is 6.00. The van der Waals surface area contributed by atoms with Gasteiger partial charge < -0.3 is 9.30 Å². The Labute approximate surface area is 107 Å². The predicted molar refractivity (Wildman–Crippen MR) is 67.2 cm³/mol. The first-order valence-electron chi connectivity index (χ1n) is 6.46. The number of hydrogen-bond acceptors (Lipinski definition) is 3. The molecule has 1 heterocycles. The van der Waals surface area contributed by atoms with E-state index in [1.165, 1.54) is 12.8 Å². The van der Waals surface area contributed by atoms with Crippen molar-refractivity contribution in [1.82, 2.24) is 14.8 Å². The Morgan fingerprint density at radius 2 is 2.24 bits per heavy atom. The van der Waals surface area contributed by atoms with Gasteiger partial charge in [-0.05, 0) is 43.2 Å². The number of halogens is 1. The van der Waals surface area contributed by atoms with Gasteiger partial charge in [0.1, 0.15) is 5.82 Å². The molecule has 0 atom stereocenters. The summed E-state index contributed by atoms with van der Waals surface area (Å²) in [7, 11) is 0. The molecule has 1 fully saturated rings. The van der Waals surface area contributed by atoms with Crippen molar-refractivity contribution in [3.8, 4) is 0 Å². The third-order valence-corrected chi connectivity index (χ3v) is 3.26. The second-order valence-corrected chi connectivity index (χ2v) is 5.00. The molecule has 1 aromatic rings. The van der Waals surface area contributed by atoms with Gasteiger partial charge in [0.05, 0.1) is 0 Å². The minimum atomic E-state index is 0.496. The number of rotatable bonds is 8. The fraction of sp³-hybridized carbons (Fsp3) is 0.833. The summed E-state index contributed by atoms with van der Waals surface area (Å²) in [5, 5.41) is 8.49. The van der Waals surface area contributed by atoms with Crippen molar-refractivity contribution >= 4 is 11.6 Å². The monoisotopic (exact) mass is 257 g/mol. The lowest BCUT2D eigenvalue weighted by molar-refractivity contribution is 0.119. The van der Waals surface area contributed by atoms with Crippen molar-refractivity contribution in [1.29, 1.82) is 0 Å². The van der Waals surface area contributed by atoms with E-state index in [0.29, 0.717) is 5.28 Å². The minimum absolute atomic E-state index is 0.496. The first kappa shape index (κ1) is 12.8. The van der Waals surface area contributed by atoms with Crippen LogP contribution in [0, 0.1) is 5.92 Å². The van der Waals surface area contributed by atoms with Gasteiger partial charge >= 0.3 is 0 Å². The van der Waals surface area contributed by atoms with Crippen LogP contribution < -0.4 is 0 Å². The second-order valence-electron chi connectivity index (χ2n) is 4.66. The van der Waals surface area contributed by atoms with Crippen LogP contribution in [0.25, 0.3) is 0 Å². The standard InChI is InChI=1S/C12H20ClN3O/c1-2-4-11-14-15-12(13)16(11)7-3-8-17-9-10-5-6-10/h10H,2-9H2,1H3. The number of aryl methyl sites for hydroxylation is 1. The molecule has 0 aliphatic heterocycles. The maximum Gasteiger partial charge on any atom is 0.225 e. The van der Waals surface area contributed by atoms with E-state index in [9.17, 15) is 0 Å². The van der Waals surface area contributed by atoms with Gasteiger partial charge in [-0.3, -0.25) is 0 Å². The summed E-state index contributed by atoms with van der Waals surface area (Å²) < 4.78 is 7.59. The number of nitrogens with zero attached hydrogens (tertiary/aromatic N) is 3. The molecule has 0 bridgehead atoms. The van der Waals surface area contributed by atoms with Crippen LogP contribution in [0.5, 0.6) is 0 Å². The van der Waals surface area contributed by atoms with Crippen LogP contribution in [0.2, 0.25) is 5.28 Å². The van der Waals surface area contributed by atoms with Crippen LogP contribution in [0.1, 0.15) is 38.4 Å². The molecule has 1 saturated carbocycles. The zero-order valence-electron chi connectivity index (χ0n) is 10.4. The molecular weight excluding hydrogens is 238 g/mol. The Hall–Kier alpha value is -0.610. The number of aromatic nitrogens is 3. The summed E-state index contributed by atoms with van der Waals surface area (Å²) in [6, 6.07) is 0. The highest BCUT2D eigenvalue weighted by Gasteiger charge is 2.20. The molecule has 5 heteroatoms. The van der Waals surface area contributed by atoms with Crippen LogP contribution >= 0.6 is 11.6 Å². The fourth-order valence-electron chi connectivity index (χ4n) is 1.80. The predicted octanol–water partition coefficient (Wildman–Crippen LogP) is 2.70. The molecular formula is C12H20ClN3O. The van der Waals surface area contributed by atoms with Crippen molar-refractivity contribution in [3.63, 3.8) is 0 Å². The van der Waals surface area contributed by atoms with Crippen LogP contribution in [0.4, 0.5) is 0 Å². The van der Waals surface area contributed by atoms with Crippen LogP contribution in [0.3, 0.4) is 0 Å². The Morgan fingerprint density at radius 3 is 2.94 bits per heavy atom. The summed E-state index contributed by atoms with van der Waals surface area (Å²) in [5.74, 6) is 1.82. The van der Waals surface area contributed by atoms with E-state index in [1.54, 1.807) is 0 Å². The van der Waals surface area contributed by atoms with E-state index in [2.05, 4.69) is 17.1 Å². The smallest absolute Gasteiger partial charge is 0.225 e. The van der Waals surface area contributed by atoms with Crippen molar-refractivity contribution < 1.29 is 4.74 Å². The highest BCUT2D eigenvalue weighted by atomic mass is 35.5. The Balaban J connectivity index is 1.70. The topological polar surface area (TPSA) is 39.9 Å².